The summed E-state index contributed by atoms with van der Waals surface area (Å²) < 4.78 is 7.18. The Labute approximate surface area is 186 Å². The lowest BCUT2D eigenvalue weighted by molar-refractivity contribution is -0.119. The summed E-state index contributed by atoms with van der Waals surface area (Å²) in [6.07, 6.45) is 1.82. The average Bonchev–Trinajstić information content (AvgIpc) is 3.20. The second kappa shape index (κ2) is 10.5. The molecule has 0 fully saturated rings. The fourth-order valence-electron chi connectivity index (χ4n) is 3.06. The lowest BCUT2D eigenvalue weighted by Gasteiger charge is -2.15. The van der Waals surface area contributed by atoms with Crippen molar-refractivity contribution in [2.45, 2.75) is 37.9 Å². The Hall–Kier alpha value is -2.51. The van der Waals surface area contributed by atoms with E-state index >= 15 is 0 Å². The number of carbonyl (C=O) groups is 1. The number of rotatable bonds is 9. The molecule has 0 unspecified atom stereocenters. The van der Waals surface area contributed by atoms with Gasteiger partial charge in [0.25, 0.3) is 0 Å². The molecule has 0 saturated heterocycles. The molecule has 0 saturated carbocycles. The topological polar surface area (TPSA) is 69.0 Å². The molecule has 30 heavy (non-hydrogen) atoms. The Kier molecular flexibility index (Phi) is 7.76. The van der Waals surface area contributed by atoms with E-state index in [9.17, 15) is 4.79 Å². The lowest BCUT2D eigenvalue weighted by atomic mass is 10.2. The summed E-state index contributed by atoms with van der Waals surface area (Å²) >= 11 is 7.71. The van der Waals surface area contributed by atoms with Gasteiger partial charge < -0.3 is 10.1 Å². The SMILES string of the molecule is CCC(CC)NC(=O)CSc1nnc(-c2ccccc2)n1-c1ccc(OC)c(Cl)c1. The predicted octanol–water partition coefficient (Wildman–Crippen LogP) is 4.99. The molecule has 0 spiro atoms. The fraction of sp³-hybridized carbons (Fsp3) is 0.318. The quantitative estimate of drug-likeness (QED) is 0.470. The Balaban J connectivity index is 1.93. The number of benzene rings is 2. The second-order valence-corrected chi connectivity index (χ2v) is 8.05. The maximum atomic E-state index is 12.4. The van der Waals surface area contributed by atoms with E-state index in [2.05, 4.69) is 29.4 Å². The molecule has 6 nitrogen and oxygen atoms in total. The van der Waals surface area contributed by atoms with Crippen LogP contribution in [0.2, 0.25) is 5.02 Å². The maximum absolute atomic E-state index is 12.4. The normalized spacial score (nSPS) is 11.0. The van der Waals surface area contributed by atoms with Crippen molar-refractivity contribution in [3.8, 4) is 22.8 Å². The van der Waals surface area contributed by atoms with Gasteiger partial charge in [-0.2, -0.15) is 0 Å². The number of hydrogen-bond acceptors (Lipinski definition) is 5. The number of thioether (sulfide) groups is 1. The first-order valence-electron chi connectivity index (χ1n) is 9.84. The molecular formula is C22H25ClN4O2S. The van der Waals surface area contributed by atoms with Crippen molar-refractivity contribution in [2.75, 3.05) is 12.9 Å². The van der Waals surface area contributed by atoms with Crippen LogP contribution in [-0.4, -0.2) is 39.6 Å². The van der Waals surface area contributed by atoms with E-state index in [4.69, 9.17) is 16.3 Å². The van der Waals surface area contributed by atoms with Gasteiger partial charge in [0.1, 0.15) is 5.75 Å². The molecule has 0 bridgehead atoms. The molecule has 2 aromatic carbocycles. The van der Waals surface area contributed by atoms with Crippen molar-refractivity contribution in [1.29, 1.82) is 0 Å². The van der Waals surface area contributed by atoms with Gasteiger partial charge in [-0.15, -0.1) is 10.2 Å². The van der Waals surface area contributed by atoms with E-state index in [1.807, 2.05) is 47.0 Å². The number of amides is 1. The average molecular weight is 445 g/mol. The maximum Gasteiger partial charge on any atom is 0.230 e. The molecule has 0 aliphatic heterocycles. The summed E-state index contributed by atoms with van der Waals surface area (Å²) in [4.78, 5) is 12.4. The van der Waals surface area contributed by atoms with Crippen molar-refractivity contribution in [1.82, 2.24) is 20.1 Å². The number of nitrogens with one attached hydrogen (secondary N) is 1. The Morgan fingerprint density at radius 1 is 1.17 bits per heavy atom. The molecule has 0 radical (unpaired) electrons. The van der Waals surface area contributed by atoms with Crippen LogP contribution >= 0.6 is 23.4 Å². The van der Waals surface area contributed by atoms with Gasteiger partial charge in [-0.05, 0) is 31.0 Å². The van der Waals surface area contributed by atoms with Crippen molar-refractivity contribution in [3.05, 3.63) is 53.6 Å². The van der Waals surface area contributed by atoms with Crippen molar-refractivity contribution >= 4 is 29.3 Å². The number of aromatic nitrogens is 3. The van der Waals surface area contributed by atoms with Crippen LogP contribution in [0.1, 0.15) is 26.7 Å². The molecule has 3 aromatic rings. The molecular weight excluding hydrogens is 420 g/mol. The molecule has 0 aliphatic carbocycles. The first-order chi connectivity index (χ1) is 14.6. The smallest absolute Gasteiger partial charge is 0.230 e. The van der Waals surface area contributed by atoms with Gasteiger partial charge in [0.05, 0.1) is 23.6 Å². The van der Waals surface area contributed by atoms with Crippen LogP contribution < -0.4 is 10.1 Å². The number of hydrogen-bond donors (Lipinski definition) is 1. The molecule has 8 heteroatoms. The van der Waals surface area contributed by atoms with E-state index in [0.717, 1.165) is 24.1 Å². The molecule has 3 rings (SSSR count). The Bertz CT molecular complexity index is 990. The third-order valence-electron chi connectivity index (χ3n) is 4.74. The molecule has 1 amide bonds. The first-order valence-corrected chi connectivity index (χ1v) is 11.2. The largest absolute Gasteiger partial charge is 0.495 e. The third-order valence-corrected chi connectivity index (χ3v) is 5.97. The zero-order valence-electron chi connectivity index (χ0n) is 17.3. The standard InChI is InChI=1S/C22H25ClN4O2S/c1-4-16(5-2)24-20(28)14-30-22-26-25-21(15-9-7-6-8-10-15)27(22)17-11-12-19(29-3)18(23)13-17/h6-13,16H,4-5,14H2,1-3H3,(H,24,28). The van der Waals surface area contributed by atoms with Gasteiger partial charge in [-0.1, -0.05) is 67.5 Å². The minimum atomic E-state index is -0.0164. The van der Waals surface area contributed by atoms with Crippen LogP contribution in [0.5, 0.6) is 5.75 Å². The lowest BCUT2D eigenvalue weighted by Crippen LogP contribution is -2.35. The van der Waals surface area contributed by atoms with E-state index in [0.29, 0.717) is 21.8 Å². The monoisotopic (exact) mass is 444 g/mol. The van der Waals surface area contributed by atoms with E-state index in [-0.39, 0.29) is 17.7 Å². The summed E-state index contributed by atoms with van der Waals surface area (Å²) in [5.41, 5.74) is 1.72. The molecule has 1 heterocycles. The van der Waals surface area contributed by atoms with Gasteiger partial charge in [0.15, 0.2) is 11.0 Å². The highest BCUT2D eigenvalue weighted by atomic mass is 35.5. The Morgan fingerprint density at radius 3 is 2.53 bits per heavy atom. The van der Waals surface area contributed by atoms with Gasteiger partial charge in [0, 0.05) is 11.6 Å². The molecule has 158 valence electrons. The zero-order valence-corrected chi connectivity index (χ0v) is 18.8. The number of nitrogens with zero attached hydrogens (tertiary/aromatic N) is 3. The van der Waals surface area contributed by atoms with Gasteiger partial charge >= 0.3 is 0 Å². The highest BCUT2D eigenvalue weighted by Crippen LogP contribution is 2.32. The van der Waals surface area contributed by atoms with Crippen LogP contribution in [0.25, 0.3) is 17.1 Å². The number of halogens is 1. The van der Waals surface area contributed by atoms with Crippen LogP contribution in [-0.2, 0) is 4.79 Å². The highest BCUT2D eigenvalue weighted by molar-refractivity contribution is 7.99. The summed E-state index contributed by atoms with van der Waals surface area (Å²) in [6.45, 7) is 4.13. The summed E-state index contributed by atoms with van der Waals surface area (Å²) in [7, 11) is 1.58. The summed E-state index contributed by atoms with van der Waals surface area (Å²) in [6, 6.07) is 15.5. The van der Waals surface area contributed by atoms with Gasteiger partial charge in [-0.3, -0.25) is 9.36 Å². The van der Waals surface area contributed by atoms with Crippen molar-refractivity contribution in [3.63, 3.8) is 0 Å². The van der Waals surface area contributed by atoms with Crippen LogP contribution in [0.3, 0.4) is 0 Å². The van der Waals surface area contributed by atoms with Crippen molar-refractivity contribution < 1.29 is 9.53 Å². The minimum Gasteiger partial charge on any atom is -0.495 e. The zero-order chi connectivity index (χ0) is 21.5. The molecule has 1 N–H and O–H groups in total. The van der Waals surface area contributed by atoms with E-state index in [1.54, 1.807) is 13.2 Å². The molecule has 1 aromatic heterocycles. The molecule has 0 aliphatic rings. The van der Waals surface area contributed by atoms with Crippen LogP contribution in [0.4, 0.5) is 0 Å². The highest BCUT2D eigenvalue weighted by Gasteiger charge is 2.19. The fourth-order valence-corrected chi connectivity index (χ4v) is 4.07. The first kappa shape index (κ1) is 22.2. The Morgan fingerprint density at radius 2 is 1.90 bits per heavy atom. The van der Waals surface area contributed by atoms with E-state index < -0.39 is 0 Å². The number of carbonyl (C=O) groups excluding carboxylic acids is 1. The minimum absolute atomic E-state index is 0.0164. The summed E-state index contributed by atoms with van der Waals surface area (Å²) in [5.74, 6) is 1.51. The van der Waals surface area contributed by atoms with Gasteiger partial charge in [0.2, 0.25) is 5.91 Å². The molecule has 0 atom stereocenters. The van der Waals surface area contributed by atoms with E-state index in [1.165, 1.54) is 11.8 Å². The predicted molar refractivity (Wildman–Crippen MR) is 122 cm³/mol. The van der Waals surface area contributed by atoms with Gasteiger partial charge in [-0.25, -0.2) is 0 Å². The van der Waals surface area contributed by atoms with Crippen LogP contribution in [0, 0.1) is 0 Å². The summed E-state index contributed by atoms with van der Waals surface area (Å²) in [5, 5.41) is 12.9. The number of methoxy groups -OCH3 is 1. The number of ether oxygens (including phenoxy) is 1. The second-order valence-electron chi connectivity index (χ2n) is 6.70. The third kappa shape index (κ3) is 5.15. The van der Waals surface area contributed by atoms with Crippen molar-refractivity contribution in [2.24, 2.45) is 0 Å². The van der Waals surface area contributed by atoms with Crippen LogP contribution in [0.15, 0.2) is 53.7 Å².